The molecule has 6 rings (SSSR count). The SMILES string of the molecule is [2H]C([2H])([2H])C([2H])(c1cc(NC(=O)Nc2ccc(-c3cn4c(n3)sc3cc(OCCN5CCOCC5)ccc34)cc2)no1)C([2H])([2H])[2H]. The molecular weight excluding hydrogens is 516 g/mol. The molecule has 0 aliphatic carbocycles. The number of thiazole rings is 1. The van der Waals surface area contributed by atoms with Crippen LogP contribution in [0.4, 0.5) is 16.3 Å². The van der Waals surface area contributed by atoms with Crippen molar-refractivity contribution in [2.24, 2.45) is 0 Å². The Labute approximate surface area is 239 Å². The van der Waals surface area contributed by atoms with Crippen LogP contribution in [0.2, 0.25) is 0 Å². The maximum atomic E-state index is 12.5. The molecule has 0 radical (unpaired) electrons. The van der Waals surface area contributed by atoms with Crippen LogP contribution >= 0.6 is 11.3 Å². The Balaban J connectivity index is 1.08. The highest BCUT2D eigenvalue weighted by Crippen LogP contribution is 2.32. The van der Waals surface area contributed by atoms with Gasteiger partial charge in [0.1, 0.15) is 18.1 Å². The Kier molecular flexibility index (Phi) is 5.21. The van der Waals surface area contributed by atoms with Gasteiger partial charge in [-0.25, -0.2) is 9.78 Å². The van der Waals surface area contributed by atoms with E-state index in [9.17, 15) is 4.79 Å². The van der Waals surface area contributed by atoms with E-state index < -0.39 is 31.4 Å². The van der Waals surface area contributed by atoms with Gasteiger partial charge in [-0.2, -0.15) is 0 Å². The number of nitrogens with zero attached hydrogens (tertiary/aromatic N) is 4. The van der Waals surface area contributed by atoms with Crippen LogP contribution in [-0.4, -0.2) is 64.9 Å². The molecule has 0 bridgehead atoms. The van der Waals surface area contributed by atoms with E-state index in [1.807, 2.05) is 28.8 Å². The van der Waals surface area contributed by atoms with Crippen LogP contribution in [0.1, 0.15) is 35.0 Å². The lowest BCUT2D eigenvalue weighted by Crippen LogP contribution is -2.38. The first-order chi connectivity index (χ1) is 21.8. The van der Waals surface area contributed by atoms with Crippen molar-refractivity contribution in [3.05, 3.63) is 60.5 Å². The predicted molar refractivity (Wildman–Crippen MR) is 152 cm³/mol. The van der Waals surface area contributed by atoms with Gasteiger partial charge in [0, 0.05) is 58.6 Å². The first-order valence-corrected chi connectivity index (χ1v) is 13.1. The number of nitrogens with one attached hydrogen (secondary N) is 2. The van der Waals surface area contributed by atoms with Gasteiger partial charge in [0.2, 0.25) is 0 Å². The second kappa shape index (κ2) is 11.0. The Morgan fingerprint density at radius 1 is 1.18 bits per heavy atom. The highest BCUT2D eigenvalue weighted by molar-refractivity contribution is 7.23. The van der Waals surface area contributed by atoms with Crippen LogP contribution in [0, 0.1) is 0 Å². The fourth-order valence-corrected chi connectivity index (χ4v) is 5.32. The highest BCUT2D eigenvalue weighted by atomic mass is 32.1. The quantitative estimate of drug-likeness (QED) is 0.255. The van der Waals surface area contributed by atoms with E-state index in [1.165, 1.54) is 0 Å². The van der Waals surface area contributed by atoms with Crippen LogP contribution in [0.3, 0.4) is 0 Å². The zero-order valence-corrected chi connectivity index (χ0v) is 21.6. The van der Waals surface area contributed by atoms with Gasteiger partial charge < -0.3 is 19.3 Å². The maximum absolute atomic E-state index is 12.5. The number of hydrogen-bond donors (Lipinski definition) is 2. The van der Waals surface area contributed by atoms with Gasteiger partial charge in [-0.05, 0) is 30.3 Å². The van der Waals surface area contributed by atoms with E-state index in [-0.39, 0.29) is 5.82 Å². The minimum absolute atomic E-state index is 0.244. The first kappa shape index (κ1) is 18.4. The van der Waals surface area contributed by atoms with Crippen molar-refractivity contribution in [3.63, 3.8) is 0 Å². The Morgan fingerprint density at radius 2 is 2.03 bits per heavy atom. The van der Waals surface area contributed by atoms with E-state index in [4.69, 9.17) is 28.6 Å². The third kappa shape index (κ3) is 5.75. The number of amides is 2. The summed E-state index contributed by atoms with van der Waals surface area (Å²) in [4.78, 5) is 20.5. The molecule has 2 N–H and O–H groups in total. The number of carbonyl (C=O) groups is 1. The number of aromatic nitrogens is 3. The Bertz CT molecular complexity index is 1830. The molecule has 0 atom stereocenters. The molecule has 1 saturated heterocycles. The second-order valence-electron chi connectivity index (χ2n) is 8.92. The molecule has 2 amide bonds. The molecule has 10 nitrogen and oxygen atoms in total. The first-order valence-electron chi connectivity index (χ1n) is 15.8. The van der Waals surface area contributed by atoms with E-state index in [2.05, 4.69) is 20.7 Å². The lowest BCUT2D eigenvalue weighted by Gasteiger charge is -2.26. The summed E-state index contributed by atoms with van der Waals surface area (Å²) in [5.74, 6) is -3.20. The van der Waals surface area contributed by atoms with E-state index in [0.29, 0.717) is 12.3 Å². The number of morpholine rings is 1. The fraction of sp³-hybridized carbons (Fsp3) is 0.321. The normalized spacial score (nSPS) is 17.9. The average Bonchev–Trinajstić information content (AvgIpc) is 3.71. The van der Waals surface area contributed by atoms with Gasteiger partial charge in [0.05, 0.1) is 29.1 Å². The lowest BCUT2D eigenvalue weighted by molar-refractivity contribution is 0.0322. The molecule has 1 aliphatic rings. The van der Waals surface area contributed by atoms with Crippen molar-refractivity contribution in [1.29, 1.82) is 0 Å². The Morgan fingerprint density at radius 3 is 2.85 bits per heavy atom. The summed E-state index contributed by atoms with van der Waals surface area (Å²) in [6.07, 6.45) is 1.95. The van der Waals surface area contributed by atoms with Gasteiger partial charge in [0.25, 0.3) is 0 Å². The molecule has 0 spiro atoms. The molecule has 3 aromatic heterocycles. The average molecular weight is 554 g/mol. The number of fused-ring (bicyclic) bond motifs is 3. The Hall–Kier alpha value is -3.93. The van der Waals surface area contributed by atoms with E-state index in [0.717, 1.165) is 71.1 Å². The van der Waals surface area contributed by atoms with Crippen molar-refractivity contribution >= 4 is 44.1 Å². The summed E-state index contributed by atoms with van der Waals surface area (Å²) in [7, 11) is 0. The molecule has 39 heavy (non-hydrogen) atoms. The third-order valence-electron chi connectivity index (χ3n) is 6.28. The van der Waals surface area contributed by atoms with Gasteiger partial charge in [0.15, 0.2) is 10.8 Å². The van der Waals surface area contributed by atoms with Crippen molar-refractivity contribution in [2.75, 3.05) is 50.1 Å². The zero-order chi connectivity index (χ0) is 32.7. The number of hydrogen-bond acceptors (Lipinski definition) is 8. The van der Waals surface area contributed by atoms with Gasteiger partial charge in [-0.15, -0.1) is 0 Å². The molecule has 1 aliphatic heterocycles. The fourth-order valence-electron chi connectivity index (χ4n) is 4.28. The van der Waals surface area contributed by atoms with Crippen LogP contribution in [0.5, 0.6) is 5.75 Å². The molecule has 2 aromatic carbocycles. The lowest BCUT2D eigenvalue weighted by atomic mass is 10.1. The standard InChI is InChI=1S/C28H30N6O4S/c1-18(2)24-16-26(32-38-24)31-27(35)29-20-5-3-19(4-6-20)22-17-34-23-8-7-21(15-25(23)39-28(34)30-22)37-14-11-33-9-12-36-13-10-33/h3-8,15-18H,9-14H2,1-2H3,(H2,29,31,32,35)/i1D3,2D3,18D. The van der Waals surface area contributed by atoms with Gasteiger partial charge >= 0.3 is 6.03 Å². The van der Waals surface area contributed by atoms with Crippen LogP contribution in [-0.2, 0) is 4.74 Å². The number of imidazole rings is 1. The van der Waals surface area contributed by atoms with Gasteiger partial charge in [-0.3, -0.25) is 14.6 Å². The second-order valence-corrected chi connectivity index (χ2v) is 9.93. The number of carbonyl (C=O) groups excluding carboxylic acids is 1. The number of ether oxygens (including phenoxy) is 2. The molecule has 202 valence electrons. The molecule has 4 heterocycles. The smallest absolute Gasteiger partial charge is 0.324 e. The van der Waals surface area contributed by atoms with Crippen LogP contribution in [0.25, 0.3) is 26.4 Å². The summed E-state index contributed by atoms with van der Waals surface area (Å²) in [5.41, 5.74) is 3.05. The number of benzene rings is 2. The maximum Gasteiger partial charge on any atom is 0.324 e. The monoisotopic (exact) mass is 553 g/mol. The minimum atomic E-state index is -3.24. The summed E-state index contributed by atoms with van der Waals surface area (Å²) in [6, 6.07) is 13.2. The van der Waals surface area contributed by atoms with E-state index in [1.54, 1.807) is 35.6 Å². The highest BCUT2D eigenvalue weighted by Gasteiger charge is 2.14. The number of urea groups is 1. The van der Waals surface area contributed by atoms with Crippen molar-refractivity contribution in [3.8, 4) is 17.0 Å². The molecule has 1 fully saturated rings. The number of anilines is 2. The summed E-state index contributed by atoms with van der Waals surface area (Å²) < 4.78 is 72.8. The summed E-state index contributed by atoms with van der Waals surface area (Å²) in [6.45, 7) is -1.63. The third-order valence-corrected chi connectivity index (χ3v) is 7.30. The van der Waals surface area contributed by atoms with Gasteiger partial charge in [-0.1, -0.05) is 42.3 Å². The van der Waals surface area contributed by atoms with Crippen LogP contribution in [0.15, 0.2) is 59.3 Å². The minimum Gasteiger partial charge on any atom is -0.492 e. The van der Waals surface area contributed by atoms with Crippen molar-refractivity contribution in [2.45, 2.75) is 19.6 Å². The topological polar surface area (TPSA) is 106 Å². The van der Waals surface area contributed by atoms with Crippen molar-refractivity contribution < 1.29 is 28.4 Å². The molecule has 0 unspecified atom stereocenters. The summed E-state index contributed by atoms with van der Waals surface area (Å²) >= 11 is 1.56. The number of rotatable bonds is 8. The molecule has 11 heteroatoms. The summed E-state index contributed by atoms with van der Waals surface area (Å²) in [5, 5.41) is 8.50. The zero-order valence-electron chi connectivity index (χ0n) is 27.8. The van der Waals surface area contributed by atoms with Crippen LogP contribution < -0.4 is 15.4 Å². The molecular formula is C28H30N6O4S. The largest absolute Gasteiger partial charge is 0.492 e. The van der Waals surface area contributed by atoms with E-state index >= 15 is 0 Å². The van der Waals surface area contributed by atoms with Crippen molar-refractivity contribution in [1.82, 2.24) is 19.4 Å². The molecule has 5 aromatic rings. The predicted octanol–water partition coefficient (Wildman–Crippen LogP) is 5.68. The molecule has 0 saturated carbocycles.